The standard InChI is InChI=1S/C21H29N7/c1-15-7-9-17(10-8-15)28-20(23)18(13-22)19(26-28)6-3-11-25-21(24)27-12-4-5-16(2)14-27/h7-10,16H,3-6,11-12,14,23H2,1-2H3,(H2,24,25). The first-order valence-corrected chi connectivity index (χ1v) is 9.89. The number of benzene rings is 1. The number of rotatable bonds is 5. The summed E-state index contributed by atoms with van der Waals surface area (Å²) < 4.78 is 1.64. The molecule has 1 fully saturated rings. The number of hydrogen-bond donors (Lipinski definition) is 2. The van der Waals surface area contributed by atoms with Crippen LogP contribution < -0.4 is 11.5 Å². The van der Waals surface area contributed by atoms with Crippen LogP contribution in [0.5, 0.6) is 0 Å². The van der Waals surface area contributed by atoms with Crippen molar-refractivity contribution < 1.29 is 0 Å². The molecule has 4 N–H and O–H groups in total. The van der Waals surface area contributed by atoms with Crippen LogP contribution in [0.2, 0.25) is 0 Å². The molecule has 3 rings (SSSR count). The van der Waals surface area contributed by atoms with Crippen molar-refractivity contribution in [2.75, 3.05) is 25.4 Å². The van der Waals surface area contributed by atoms with Crippen molar-refractivity contribution in [1.82, 2.24) is 14.7 Å². The fourth-order valence-electron chi connectivity index (χ4n) is 3.60. The molecule has 1 aliphatic rings. The predicted octanol–water partition coefficient (Wildman–Crippen LogP) is 2.61. The molecule has 2 aromatic rings. The number of hydrogen-bond acceptors (Lipinski definition) is 4. The minimum atomic E-state index is 0.381. The maximum atomic E-state index is 9.51. The summed E-state index contributed by atoms with van der Waals surface area (Å²) in [5.74, 6) is 1.66. The number of nitrogen functional groups attached to an aromatic ring is 1. The summed E-state index contributed by atoms with van der Waals surface area (Å²) in [5, 5.41) is 14.1. The van der Waals surface area contributed by atoms with Gasteiger partial charge in [-0.1, -0.05) is 24.6 Å². The molecule has 1 aromatic heterocycles. The fraction of sp³-hybridized carbons (Fsp3) is 0.476. The van der Waals surface area contributed by atoms with Gasteiger partial charge in [-0.15, -0.1) is 0 Å². The number of aliphatic imine (C=N–C) groups is 1. The lowest BCUT2D eigenvalue weighted by molar-refractivity contribution is 0.270. The molecular weight excluding hydrogens is 350 g/mol. The van der Waals surface area contributed by atoms with Crippen molar-refractivity contribution in [3.8, 4) is 11.8 Å². The highest BCUT2D eigenvalue weighted by atomic mass is 15.3. The molecule has 1 atom stereocenters. The zero-order valence-electron chi connectivity index (χ0n) is 16.7. The van der Waals surface area contributed by atoms with E-state index in [1.807, 2.05) is 31.2 Å². The SMILES string of the molecule is Cc1ccc(-n2nc(CCCN=C(N)N3CCCC(C)C3)c(C#N)c2N)cc1. The minimum absolute atomic E-state index is 0.381. The number of nitrogens with two attached hydrogens (primary N) is 2. The van der Waals surface area contributed by atoms with Crippen LogP contribution in [-0.2, 0) is 6.42 Å². The van der Waals surface area contributed by atoms with Gasteiger partial charge in [0.1, 0.15) is 17.5 Å². The molecule has 0 spiro atoms. The van der Waals surface area contributed by atoms with Crippen LogP contribution in [0.3, 0.4) is 0 Å². The van der Waals surface area contributed by atoms with E-state index in [2.05, 4.69) is 28.0 Å². The fourth-order valence-corrected chi connectivity index (χ4v) is 3.60. The number of guanidine groups is 1. The van der Waals surface area contributed by atoms with Gasteiger partial charge in [-0.2, -0.15) is 10.4 Å². The van der Waals surface area contributed by atoms with Gasteiger partial charge in [0.2, 0.25) is 0 Å². The third-order valence-electron chi connectivity index (χ3n) is 5.21. The Morgan fingerprint density at radius 2 is 2.11 bits per heavy atom. The Balaban J connectivity index is 1.64. The molecule has 2 heterocycles. The maximum Gasteiger partial charge on any atom is 0.191 e. The maximum absolute atomic E-state index is 9.51. The van der Waals surface area contributed by atoms with Crippen molar-refractivity contribution in [3.63, 3.8) is 0 Å². The number of anilines is 1. The number of aryl methyl sites for hydroxylation is 2. The lowest BCUT2D eigenvalue weighted by atomic mass is 10.0. The van der Waals surface area contributed by atoms with Gasteiger partial charge in [0.05, 0.1) is 11.4 Å². The summed E-state index contributed by atoms with van der Waals surface area (Å²) in [6, 6.07) is 10.1. The molecule has 0 radical (unpaired) electrons. The molecule has 0 saturated carbocycles. The first-order chi connectivity index (χ1) is 13.5. The van der Waals surface area contributed by atoms with E-state index >= 15 is 0 Å². The van der Waals surface area contributed by atoms with E-state index in [1.165, 1.54) is 12.8 Å². The summed E-state index contributed by atoms with van der Waals surface area (Å²) in [5.41, 5.74) is 15.5. The Morgan fingerprint density at radius 1 is 1.36 bits per heavy atom. The van der Waals surface area contributed by atoms with Crippen molar-refractivity contribution in [2.45, 2.75) is 39.5 Å². The van der Waals surface area contributed by atoms with E-state index in [0.29, 0.717) is 41.9 Å². The van der Waals surface area contributed by atoms with E-state index in [9.17, 15) is 5.26 Å². The molecule has 0 amide bonds. The van der Waals surface area contributed by atoms with Gasteiger partial charge in [-0.05, 0) is 50.7 Å². The van der Waals surface area contributed by atoms with Crippen molar-refractivity contribution in [1.29, 1.82) is 5.26 Å². The van der Waals surface area contributed by atoms with Gasteiger partial charge in [0.25, 0.3) is 0 Å². The van der Waals surface area contributed by atoms with Crippen LogP contribution in [0, 0.1) is 24.2 Å². The normalized spacial score (nSPS) is 17.5. The van der Waals surface area contributed by atoms with E-state index in [4.69, 9.17) is 11.5 Å². The summed E-state index contributed by atoms with van der Waals surface area (Å²) in [6.45, 7) is 6.84. The number of piperidine rings is 1. The molecule has 7 nitrogen and oxygen atoms in total. The van der Waals surface area contributed by atoms with Crippen molar-refractivity contribution >= 4 is 11.8 Å². The van der Waals surface area contributed by atoms with E-state index in [-0.39, 0.29) is 0 Å². The summed E-state index contributed by atoms with van der Waals surface area (Å²) in [6.07, 6.45) is 3.83. The van der Waals surface area contributed by atoms with Gasteiger partial charge < -0.3 is 16.4 Å². The third-order valence-corrected chi connectivity index (χ3v) is 5.21. The molecule has 148 valence electrons. The Bertz CT molecular complexity index is 873. The largest absolute Gasteiger partial charge is 0.382 e. The molecule has 1 aromatic carbocycles. The number of likely N-dealkylation sites (tertiary alicyclic amines) is 1. The van der Waals surface area contributed by atoms with Gasteiger partial charge in [0, 0.05) is 19.6 Å². The Hall–Kier alpha value is -3.01. The van der Waals surface area contributed by atoms with E-state index in [1.54, 1.807) is 4.68 Å². The molecule has 0 bridgehead atoms. The first kappa shape index (κ1) is 19.7. The molecule has 1 saturated heterocycles. The topological polar surface area (TPSA) is 109 Å². The van der Waals surface area contributed by atoms with Crippen LogP contribution in [0.4, 0.5) is 5.82 Å². The predicted molar refractivity (Wildman–Crippen MR) is 112 cm³/mol. The molecule has 7 heteroatoms. The van der Waals surface area contributed by atoms with Crippen molar-refractivity contribution in [3.05, 3.63) is 41.1 Å². The smallest absolute Gasteiger partial charge is 0.191 e. The van der Waals surface area contributed by atoms with Crippen LogP contribution in [0.1, 0.15) is 43.0 Å². The zero-order chi connectivity index (χ0) is 20.1. The van der Waals surface area contributed by atoms with Crippen molar-refractivity contribution in [2.24, 2.45) is 16.6 Å². The molecule has 1 unspecified atom stereocenters. The highest BCUT2D eigenvalue weighted by Crippen LogP contribution is 2.22. The Kier molecular flexibility index (Phi) is 6.19. The summed E-state index contributed by atoms with van der Waals surface area (Å²) >= 11 is 0. The quantitative estimate of drug-likeness (QED) is 0.471. The number of nitrogens with zero attached hydrogens (tertiary/aromatic N) is 5. The second-order valence-electron chi connectivity index (χ2n) is 7.60. The van der Waals surface area contributed by atoms with Crippen LogP contribution >= 0.6 is 0 Å². The lowest BCUT2D eigenvalue weighted by Gasteiger charge is -2.31. The average Bonchev–Trinajstić information content (AvgIpc) is 3.01. The molecule has 28 heavy (non-hydrogen) atoms. The second-order valence-corrected chi connectivity index (χ2v) is 7.60. The number of aromatic nitrogens is 2. The van der Waals surface area contributed by atoms with Crippen LogP contribution in [0.15, 0.2) is 29.3 Å². The minimum Gasteiger partial charge on any atom is -0.382 e. The molecule has 1 aliphatic heterocycles. The van der Waals surface area contributed by atoms with Gasteiger partial charge in [-0.3, -0.25) is 4.99 Å². The second kappa shape index (κ2) is 8.79. The van der Waals surface area contributed by atoms with Crippen LogP contribution in [0.25, 0.3) is 5.69 Å². The molecular formula is C21H29N7. The summed E-state index contributed by atoms with van der Waals surface area (Å²) in [4.78, 5) is 6.69. The Morgan fingerprint density at radius 3 is 2.79 bits per heavy atom. The number of nitriles is 1. The molecule has 0 aliphatic carbocycles. The monoisotopic (exact) mass is 379 g/mol. The third kappa shape index (κ3) is 4.45. The highest BCUT2D eigenvalue weighted by molar-refractivity contribution is 5.78. The average molecular weight is 380 g/mol. The van der Waals surface area contributed by atoms with Gasteiger partial charge in [-0.25, -0.2) is 4.68 Å². The Labute approximate surface area is 166 Å². The van der Waals surface area contributed by atoms with E-state index in [0.717, 1.165) is 30.8 Å². The van der Waals surface area contributed by atoms with Gasteiger partial charge >= 0.3 is 0 Å². The lowest BCUT2D eigenvalue weighted by Crippen LogP contribution is -2.43. The van der Waals surface area contributed by atoms with Crippen LogP contribution in [-0.4, -0.2) is 40.3 Å². The highest BCUT2D eigenvalue weighted by Gasteiger charge is 2.18. The first-order valence-electron chi connectivity index (χ1n) is 9.89. The van der Waals surface area contributed by atoms with Gasteiger partial charge in [0.15, 0.2) is 5.96 Å². The summed E-state index contributed by atoms with van der Waals surface area (Å²) in [7, 11) is 0. The zero-order valence-corrected chi connectivity index (χ0v) is 16.7. The van der Waals surface area contributed by atoms with E-state index < -0.39 is 0 Å².